The number of benzene rings is 1. The fraction of sp³-hybridized carbons (Fsp3) is 0.286. The fourth-order valence-corrected chi connectivity index (χ4v) is 2.24. The Morgan fingerprint density at radius 2 is 2.06 bits per heavy atom. The summed E-state index contributed by atoms with van der Waals surface area (Å²) in [5.41, 5.74) is 1.93. The zero-order chi connectivity index (χ0) is 12.4. The molecule has 92 valence electrons. The summed E-state index contributed by atoms with van der Waals surface area (Å²) in [6.07, 6.45) is 0.636. The summed E-state index contributed by atoms with van der Waals surface area (Å²) in [6.45, 7) is 1.53. The molecule has 0 spiro atoms. The van der Waals surface area contributed by atoms with E-state index in [1.165, 1.54) is 0 Å². The Balaban J connectivity index is 1.83. The summed E-state index contributed by atoms with van der Waals surface area (Å²) in [5, 5.41) is 7.20. The summed E-state index contributed by atoms with van der Waals surface area (Å²) in [5.74, 6) is 0.0659. The minimum atomic E-state index is -0.160. The van der Waals surface area contributed by atoms with Gasteiger partial charge < -0.3 is 10.6 Å². The van der Waals surface area contributed by atoms with Crippen LogP contribution in [0, 0.1) is 0 Å². The van der Waals surface area contributed by atoms with Gasteiger partial charge in [0.1, 0.15) is 0 Å². The predicted octanol–water partition coefficient (Wildman–Crippen LogP) is 0.865. The molecular weight excluding hydrogens is 226 g/mol. The van der Waals surface area contributed by atoms with Crippen LogP contribution in [0.3, 0.4) is 0 Å². The molecule has 1 aromatic carbocycles. The van der Waals surface area contributed by atoms with Gasteiger partial charge in [-0.15, -0.1) is 0 Å². The highest BCUT2D eigenvalue weighted by Crippen LogP contribution is 2.13. The monoisotopic (exact) mass is 241 g/mol. The average Bonchev–Trinajstić information content (AvgIpc) is 2.41. The van der Waals surface area contributed by atoms with Crippen molar-refractivity contribution in [2.24, 2.45) is 0 Å². The van der Waals surface area contributed by atoms with Crippen LogP contribution in [-0.4, -0.2) is 30.0 Å². The standard InChI is InChI=1S/C14H15N3O/c18-14-13(15-7-8-16-14)9-11-6-5-10-3-1-2-4-12(10)17-11/h1-6,13,15H,7-9H2,(H,16,18)/t13-/m1/s1. The fourth-order valence-electron chi connectivity index (χ4n) is 2.24. The Bertz CT molecular complexity index is 582. The van der Waals surface area contributed by atoms with E-state index in [0.717, 1.165) is 23.1 Å². The summed E-state index contributed by atoms with van der Waals surface area (Å²) in [4.78, 5) is 16.2. The number of hydrogen-bond donors (Lipinski definition) is 2. The second-order valence-corrected chi connectivity index (χ2v) is 4.50. The topological polar surface area (TPSA) is 54.0 Å². The van der Waals surface area contributed by atoms with Crippen molar-refractivity contribution >= 4 is 16.8 Å². The molecule has 18 heavy (non-hydrogen) atoms. The number of aromatic nitrogens is 1. The minimum absolute atomic E-state index is 0.0659. The minimum Gasteiger partial charge on any atom is -0.353 e. The van der Waals surface area contributed by atoms with Crippen LogP contribution in [0.1, 0.15) is 5.69 Å². The molecule has 0 aliphatic carbocycles. The molecule has 1 atom stereocenters. The van der Waals surface area contributed by atoms with Crippen LogP contribution in [-0.2, 0) is 11.2 Å². The van der Waals surface area contributed by atoms with Crippen molar-refractivity contribution in [2.45, 2.75) is 12.5 Å². The number of amides is 1. The predicted molar refractivity (Wildman–Crippen MR) is 70.2 cm³/mol. The molecule has 0 saturated carbocycles. The average molecular weight is 241 g/mol. The lowest BCUT2D eigenvalue weighted by Crippen LogP contribution is -2.53. The number of carbonyl (C=O) groups is 1. The van der Waals surface area contributed by atoms with Crippen LogP contribution in [0.15, 0.2) is 36.4 Å². The molecule has 1 aromatic heterocycles. The third-order valence-corrected chi connectivity index (χ3v) is 3.20. The van der Waals surface area contributed by atoms with Crippen molar-refractivity contribution in [3.05, 3.63) is 42.1 Å². The first-order valence-electron chi connectivity index (χ1n) is 6.19. The van der Waals surface area contributed by atoms with E-state index in [2.05, 4.69) is 21.7 Å². The third-order valence-electron chi connectivity index (χ3n) is 3.20. The number of pyridine rings is 1. The number of carbonyl (C=O) groups excluding carboxylic acids is 1. The Morgan fingerprint density at radius 1 is 1.17 bits per heavy atom. The van der Waals surface area contributed by atoms with Gasteiger partial charge in [0, 0.05) is 30.6 Å². The van der Waals surface area contributed by atoms with Crippen LogP contribution in [0.2, 0.25) is 0 Å². The molecule has 0 bridgehead atoms. The van der Waals surface area contributed by atoms with Crippen molar-refractivity contribution in [1.29, 1.82) is 0 Å². The molecule has 4 heteroatoms. The molecule has 4 nitrogen and oxygen atoms in total. The van der Waals surface area contributed by atoms with Gasteiger partial charge in [0.05, 0.1) is 11.6 Å². The van der Waals surface area contributed by atoms with E-state index in [1.54, 1.807) is 0 Å². The molecule has 3 rings (SSSR count). The van der Waals surface area contributed by atoms with E-state index in [1.807, 2.05) is 30.3 Å². The summed E-state index contributed by atoms with van der Waals surface area (Å²) >= 11 is 0. The lowest BCUT2D eigenvalue weighted by atomic mass is 10.1. The first kappa shape index (κ1) is 11.2. The van der Waals surface area contributed by atoms with Crippen molar-refractivity contribution in [3.63, 3.8) is 0 Å². The SMILES string of the molecule is O=C1NCCN[C@@H]1Cc1ccc2ccccc2n1. The number of rotatable bonds is 2. The molecule has 0 radical (unpaired) electrons. The van der Waals surface area contributed by atoms with Gasteiger partial charge in [0.25, 0.3) is 0 Å². The summed E-state index contributed by atoms with van der Waals surface area (Å²) in [6, 6.07) is 11.9. The number of fused-ring (bicyclic) bond motifs is 1. The van der Waals surface area contributed by atoms with Crippen LogP contribution in [0.4, 0.5) is 0 Å². The van der Waals surface area contributed by atoms with E-state index in [4.69, 9.17) is 0 Å². The highest BCUT2D eigenvalue weighted by molar-refractivity contribution is 5.83. The van der Waals surface area contributed by atoms with Crippen molar-refractivity contribution in [3.8, 4) is 0 Å². The molecule has 1 aliphatic heterocycles. The third kappa shape index (κ3) is 2.19. The molecular formula is C14H15N3O. The lowest BCUT2D eigenvalue weighted by molar-refractivity contribution is -0.124. The van der Waals surface area contributed by atoms with Crippen LogP contribution in [0.5, 0.6) is 0 Å². The van der Waals surface area contributed by atoms with Gasteiger partial charge in [-0.2, -0.15) is 0 Å². The summed E-state index contributed by atoms with van der Waals surface area (Å²) < 4.78 is 0. The number of nitrogens with zero attached hydrogens (tertiary/aromatic N) is 1. The van der Waals surface area contributed by atoms with E-state index in [-0.39, 0.29) is 11.9 Å². The quantitative estimate of drug-likeness (QED) is 0.820. The van der Waals surface area contributed by atoms with E-state index in [0.29, 0.717) is 13.0 Å². The van der Waals surface area contributed by atoms with Gasteiger partial charge >= 0.3 is 0 Å². The molecule has 0 unspecified atom stereocenters. The van der Waals surface area contributed by atoms with Gasteiger partial charge in [-0.25, -0.2) is 0 Å². The molecule has 1 saturated heterocycles. The largest absolute Gasteiger partial charge is 0.353 e. The number of piperazine rings is 1. The maximum Gasteiger partial charge on any atom is 0.237 e. The zero-order valence-electron chi connectivity index (χ0n) is 10.0. The number of nitrogens with one attached hydrogen (secondary N) is 2. The van der Waals surface area contributed by atoms with Crippen molar-refractivity contribution < 1.29 is 4.79 Å². The maximum absolute atomic E-state index is 11.7. The summed E-state index contributed by atoms with van der Waals surface area (Å²) in [7, 11) is 0. The van der Waals surface area contributed by atoms with E-state index < -0.39 is 0 Å². The molecule has 2 N–H and O–H groups in total. The van der Waals surface area contributed by atoms with Crippen molar-refractivity contribution in [2.75, 3.05) is 13.1 Å². The van der Waals surface area contributed by atoms with E-state index >= 15 is 0 Å². The molecule has 1 amide bonds. The molecule has 1 fully saturated rings. The normalized spacial score (nSPS) is 19.8. The zero-order valence-corrected chi connectivity index (χ0v) is 10.0. The first-order chi connectivity index (χ1) is 8.83. The van der Waals surface area contributed by atoms with Crippen molar-refractivity contribution in [1.82, 2.24) is 15.6 Å². The second kappa shape index (κ2) is 4.74. The Labute approximate surface area is 105 Å². The lowest BCUT2D eigenvalue weighted by Gasteiger charge is -2.23. The number of hydrogen-bond acceptors (Lipinski definition) is 3. The van der Waals surface area contributed by atoms with Crippen LogP contribution in [0.25, 0.3) is 10.9 Å². The Morgan fingerprint density at radius 3 is 2.94 bits per heavy atom. The Hall–Kier alpha value is -1.94. The van der Waals surface area contributed by atoms with Gasteiger partial charge in [-0.3, -0.25) is 9.78 Å². The Kier molecular flexibility index (Phi) is 2.94. The molecule has 2 aromatic rings. The van der Waals surface area contributed by atoms with Crippen LogP contribution < -0.4 is 10.6 Å². The van der Waals surface area contributed by atoms with Gasteiger partial charge in [0.15, 0.2) is 0 Å². The highest BCUT2D eigenvalue weighted by atomic mass is 16.2. The van der Waals surface area contributed by atoms with Crippen LogP contribution >= 0.6 is 0 Å². The second-order valence-electron chi connectivity index (χ2n) is 4.50. The first-order valence-corrected chi connectivity index (χ1v) is 6.19. The van der Waals surface area contributed by atoms with Gasteiger partial charge in [0.2, 0.25) is 5.91 Å². The smallest absolute Gasteiger partial charge is 0.237 e. The molecule has 1 aliphatic rings. The number of para-hydroxylation sites is 1. The van der Waals surface area contributed by atoms with Gasteiger partial charge in [-0.1, -0.05) is 24.3 Å². The molecule has 2 heterocycles. The highest BCUT2D eigenvalue weighted by Gasteiger charge is 2.21. The van der Waals surface area contributed by atoms with E-state index in [9.17, 15) is 4.79 Å². The maximum atomic E-state index is 11.7. The van der Waals surface area contributed by atoms with Gasteiger partial charge in [-0.05, 0) is 12.1 Å².